The largest absolute Gasteiger partial charge is 0.493 e. The van der Waals surface area contributed by atoms with Crippen molar-refractivity contribution in [2.45, 2.75) is 0 Å². The Kier molecular flexibility index (Phi) is 6.74. The van der Waals surface area contributed by atoms with Crippen LogP contribution in [0, 0.1) is 0 Å². The number of carbonyl (C=O) groups is 1. The first-order valence-electron chi connectivity index (χ1n) is 8.28. The van der Waals surface area contributed by atoms with Crippen LogP contribution in [0.2, 0.25) is 0 Å². The molecule has 1 amide bonds. The highest BCUT2D eigenvalue weighted by molar-refractivity contribution is 6.19. The van der Waals surface area contributed by atoms with Crippen molar-refractivity contribution in [2.75, 3.05) is 46.8 Å². The van der Waals surface area contributed by atoms with Gasteiger partial charge in [-0.1, -0.05) is 30.3 Å². The smallest absolute Gasteiger partial charge is 0.248 e. The van der Waals surface area contributed by atoms with E-state index >= 15 is 0 Å². The van der Waals surface area contributed by atoms with Crippen molar-refractivity contribution >= 4 is 17.3 Å². The molecule has 1 aliphatic heterocycles. The first-order chi connectivity index (χ1) is 12.6. The highest BCUT2D eigenvalue weighted by atomic mass is 16.5. The number of amides is 1. The van der Waals surface area contributed by atoms with E-state index in [1.807, 2.05) is 56.6 Å². The first-order valence-corrected chi connectivity index (χ1v) is 8.28. The minimum absolute atomic E-state index is 0.0654. The number of hydrogen-bond acceptors (Lipinski definition) is 5. The Morgan fingerprint density at radius 1 is 1.04 bits per heavy atom. The van der Waals surface area contributed by atoms with Crippen molar-refractivity contribution in [3.63, 3.8) is 0 Å². The summed E-state index contributed by atoms with van der Waals surface area (Å²) in [6, 6.07) is 13.5. The highest BCUT2D eigenvalue weighted by Gasteiger charge is 2.25. The van der Waals surface area contributed by atoms with E-state index in [0.717, 1.165) is 22.5 Å². The van der Waals surface area contributed by atoms with Crippen molar-refractivity contribution < 1.29 is 14.3 Å². The number of anilines is 1. The number of nitrogens with one attached hydrogen (secondary N) is 1. The quantitative estimate of drug-likeness (QED) is 0.918. The molecule has 0 aromatic heterocycles. The summed E-state index contributed by atoms with van der Waals surface area (Å²) >= 11 is 0. The fourth-order valence-corrected chi connectivity index (χ4v) is 2.65. The van der Waals surface area contributed by atoms with Crippen LogP contribution in [0.15, 0.2) is 47.5 Å². The number of likely N-dealkylation sites (N-methyl/N-ethyl adjacent to an activating group) is 1. The van der Waals surface area contributed by atoms with Gasteiger partial charge in [-0.05, 0) is 20.2 Å². The van der Waals surface area contributed by atoms with Crippen LogP contribution in [0.4, 0.5) is 5.69 Å². The van der Waals surface area contributed by atoms with Gasteiger partial charge in [-0.15, -0.1) is 0 Å². The Bertz CT molecular complexity index is 788. The molecule has 0 spiro atoms. The molecule has 1 aliphatic rings. The van der Waals surface area contributed by atoms with Gasteiger partial charge >= 0.3 is 0 Å². The van der Waals surface area contributed by atoms with E-state index in [9.17, 15) is 4.79 Å². The number of fused-ring (bicyclic) bond motifs is 1. The number of benzene rings is 2. The monoisotopic (exact) mass is 355 g/mol. The van der Waals surface area contributed by atoms with Crippen LogP contribution >= 0.6 is 0 Å². The second-order valence-electron chi connectivity index (χ2n) is 5.71. The molecular weight excluding hydrogens is 330 g/mol. The van der Waals surface area contributed by atoms with Gasteiger partial charge in [0.1, 0.15) is 6.54 Å². The molecule has 2 aromatic rings. The highest BCUT2D eigenvalue weighted by Crippen LogP contribution is 2.37. The third-order valence-electron chi connectivity index (χ3n) is 3.91. The Morgan fingerprint density at radius 2 is 1.62 bits per heavy atom. The maximum atomic E-state index is 12.3. The molecule has 0 unspecified atom stereocenters. The molecule has 138 valence electrons. The number of hydrogen-bond donors (Lipinski definition) is 1. The molecule has 2 aromatic carbocycles. The molecule has 1 heterocycles. The maximum absolute atomic E-state index is 12.3. The first kappa shape index (κ1) is 19.5. The normalized spacial score (nSPS) is 13.0. The van der Waals surface area contributed by atoms with E-state index < -0.39 is 0 Å². The number of aliphatic imine (C=N–C) groups is 1. The van der Waals surface area contributed by atoms with Gasteiger partial charge in [0.05, 0.1) is 25.6 Å². The van der Waals surface area contributed by atoms with Crippen LogP contribution in [-0.4, -0.2) is 53.5 Å². The lowest BCUT2D eigenvalue weighted by molar-refractivity contribution is -0.116. The summed E-state index contributed by atoms with van der Waals surface area (Å²) in [5, 5.41) is 2.75. The molecule has 0 radical (unpaired) electrons. The van der Waals surface area contributed by atoms with Crippen LogP contribution in [0.3, 0.4) is 0 Å². The van der Waals surface area contributed by atoms with Gasteiger partial charge in [-0.2, -0.15) is 0 Å². The van der Waals surface area contributed by atoms with E-state index in [-0.39, 0.29) is 12.5 Å². The van der Waals surface area contributed by atoms with Crippen molar-refractivity contribution in [1.29, 1.82) is 0 Å². The Labute approximate surface area is 154 Å². The second-order valence-corrected chi connectivity index (χ2v) is 5.71. The predicted octanol–water partition coefficient (Wildman–Crippen LogP) is 2.35. The number of rotatable bonds is 3. The van der Waals surface area contributed by atoms with Crippen molar-refractivity contribution in [2.24, 2.45) is 4.99 Å². The fourth-order valence-electron chi connectivity index (χ4n) is 2.65. The van der Waals surface area contributed by atoms with Crippen LogP contribution < -0.4 is 19.7 Å². The van der Waals surface area contributed by atoms with E-state index in [1.165, 1.54) is 0 Å². The van der Waals surface area contributed by atoms with Crippen molar-refractivity contribution in [1.82, 2.24) is 5.32 Å². The summed E-state index contributed by atoms with van der Waals surface area (Å²) in [4.78, 5) is 18.4. The zero-order valence-electron chi connectivity index (χ0n) is 15.9. The molecule has 6 nitrogen and oxygen atoms in total. The third-order valence-corrected chi connectivity index (χ3v) is 3.91. The van der Waals surface area contributed by atoms with Crippen LogP contribution in [0.1, 0.15) is 11.1 Å². The number of benzodiazepines with no additional fused rings is 1. The average Bonchev–Trinajstić information content (AvgIpc) is 2.79. The molecule has 6 heteroatoms. The molecule has 3 rings (SSSR count). The molecule has 0 fully saturated rings. The summed E-state index contributed by atoms with van der Waals surface area (Å²) < 4.78 is 10.8. The molecule has 1 N–H and O–H groups in total. The third kappa shape index (κ3) is 4.03. The summed E-state index contributed by atoms with van der Waals surface area (Å²) in [7, 11) is 8.67. The van der Waals surface area contributed by atoms with Gasteiger partial charge < -0.3 is 19.7 Å². The van der Waals surface area contributed by atoms with E-state index in [4.69, 9.17) is 9.47 Å². The van der Waals surface area contributed by atoms with Crippen molar-refractivity contribution in [3.8, 4) is 11.5 Å². The van der Waals surface area contributed by atoms with E-state index in [1.54, 1.807) is 26.2 Å². The second kappa shape index (κ2) is 9.01. The Hall–Kier alpha value is -2.86. The standard InChI is InChI=1S/C18H18N2O3.C2H7N/c1-20-14-10-16(23-3)15(22-2)9-13(14)18(19-11-17(20)21)12-7-5-4-6-8-12;1-3-2/h4-10H,11H2,1-3H3;3H,1-2H3. The molecule has 0 bridgehead atoms. The number of carbonyl (C=O) groups excluding carboxylic acids is 1. The molecule has 0 aliphatic carbocycles. The zero-order chi connectivity index (χ0) is 19.1. The topological polar surface area (TPSA) is 63.2 Å². The Morgan fingerprint density at radius 3 is 2.19 bits per heavy atom. The van der Waals surface area contributed by atoms with Crippen molar-refractivity contribution in [3.05, 3.63) is 53.6 Å². The molecule has 0 saturated carbocycles. The zero-order valence-corrected chi connectivity index (χ0v) is 15.9. The number of nitrogens with zero attached hydrogens (tertiary/aromatic N) is 2. The summed E-state index contributed by atoms with van der Waals surface area (Å²) in [5.74, 6) is 1.13. The lowest BCUT2D eigenvalue weighted by Gasteiger charge is -2.20. The van der Waals surface area contributed by atoms with Gasteiger partial charge in [0.2, 0.25) is 5.91 Å². The summed E-state index contributed by atoms with van der Waals surface area (Å²) in [6.45, 7) is 0.111. The summed E-state index contributed by atoms with van der Waals surface area (Å²) in [5.41, 5.74) is 3.35. The van der Waals surface area contributed by atoms with E-state index in [2.05, 4.69) is 10.3 Å². The lowest BCUT2D eigenvalue weighted by atomic mass is 9.99. The molecule has 26 heavy (non-hydrogen) atoms. The lowest BCUT2D eigenvalue weighted by Crippen LogP contribution is -2.27. The van der Waals surface area contributed by atoms with Crippen LogP contribution in [0.5, 0.6) is 11.5 Å². The SMILES string of the molecule is CNC.COc1cc2c(cc1OC)N(C)C(=O)CN=C2c1ccccc1. The van der Waals surface area contributed by atoms with Gasteiger partial charge in [0.15, 0.2) is 11.5 Å². The van der Waals surface area contributed by atoms with Crippen LogP contribution in [0.25, 0.3) is 0 Å². The number of ether oxygens (including phenoxy) is 2. The maximum Gasteiger partial charge on any atom is 0.248 e. The van der Waals surface area contributed by atoms with Gasteiger partial charge in [0, 0.05) is 24.2 Å². The average molecular weight is 355 g/mol. The minimum Gasteiger partial charge on any atom is -0.493 e. The molecule has 0 saturated heterocycles. The summed E-state index contributed by atoms with van der Waals surface area (Å²) in [6.07, 6.45) is 0. The fraction of sp³-hybridized carbons (Fsp3) is 0.300. The van der Waals surface area contributed by atoms with E-state index in [0.29, 0.717) is 11.5 Å². The van der Waals surface area contributed by atoms with Gasteiger partial charge in [-0.25, -0.2) is 0 Å². The van der Waals surface area contributed by atoms with Crippen LogP contribution in [-0.2, 0) is 4.79 Å². The van der Waals surface area contributed by atoms with Gasteiger partial charge in [0.25, 0.3) is 0 Å². The van der Waals surface area contributed by atoms with Gasteiger partial charge in [-0.3, -0.25) is 9.79 Å². The predicted molar refractivity (Wildman–Crippen MR) is 105 cm³/mol. The molecule has 0 atom stereocenters. The Balaban J connectivity index is 0.000000758. The number of methoxy groups -OCH3 is 2. The minimum atomic E-state index is -0.0654. The molecular formula is C20H25N3O3.